The van der Waals surface area contributed by atoms with Crippen molar-refractivity contribution in [3.8, 4) is 0 Å². The van der Waals surface area contributed by atoms with Crippen molar-refractivity contribution in [1.29, 1.82) is 0 Å². The van der Waals surface area contributed by atoms with Gasteiger partial charge < -0.3 is 20.8 Å². The van der Waals surface area contributed by atoms with E-state index < -0.39 is 29.4 Å². The number of hydrogen-bond donors (Lipinski definition) is 4. The third-order valence-electron chi connectivity index (χ3n) is 5.47. The van der Waals surface area contributed by atoms with Crippen molar-refractivity contribution in [2.45, 2.75) is 69.2 Å². The molecule has 4 N–H and O–H groups in total. The predicted octanol–water partition coefficient (Wildman–Crippen LogP) is 2.87. The molecule has 0 amide bonds. The standard InChI is InChI=1S/C20H28F2N4O2S/c1-2-3-4-20(28)5-6-23-17(11-20)18(27)16(26-19-24-12-25-29-19)9-13-7-14(21)10-15(22)8-13/h7-8,10,12,16-18,23,27-28H,2-6,9,11H2,1H3,(H,24,25,26). The number of hydrogen-bond acceptors (Lipinski definition) is 7. The first kappa shape index (κ1) is 22.0. The Kier molecular flexibility index (Phi) is 7.50. The van der Waals surface area contributed by atoms with Gasteiger partial charge in [0.25, 0.3) is 0 Å². The molecule has 0 aliphatic carbocycles. The minimum absolute atomic E-state index is 0.195. The zero-order valence-electron chi connectivity index (χ0n) is 16.4. The van der Waals surface area contributed by atoms with Gasteiger partial charge in [0, 0.05) is 23.6 Å². The Bertz CT molecular complexity index is 760. The molecular formula is C20H28F2N4O2S. The van der Waals surface area contributed by atoms with Crippen molar-refractivity contribution in [3.63, 3.8) is 0 Å². The molecule has 1 fully saturated rings. The fourth-order valence-corrected chi connectivity index (χ4v) is 4.46. The van der Waals surface area contributed by atoms with Crippen molar-refractivity contribution in [1.82, 2.24) is 14.7 Å². The third kappa shape index (κ3) is 6.15. The molecule has 4 atom stereocenters. The van der Waals surface area contributed by atoms with E-state index >= 15 is 0 Å². The summed E-state index contributed by atoms with van der Waals surface area (Å²) in [7, 11) is 0. The molecule has 0 radical (unpaired) electrons. The molecule has 1 saturated heterocycles. The molecule has 4 unspecified atom stereocenters. The summed E-state index contributed by atoms with van der Waals surface area (Å²) in [6, 6.07) is 2.43. The van der Waals surface area contributed by atoms with Crippen LogP contribution in [0.3, 0.4) is 0 Å². The minimum atomic E-state index is -0.904. The summed E-state index contributed by atoms with van der Waals surface area (Å²) in [5.74, 6) is -1.32. The van der Waals surface area contributed by atoms with Gasteiger partial charge in [-0.3, -0.25) is 0 Å². The van der Waals surface area contributed by atoms with Crippen molar-refractivity contribution in [3.05, 3.63) is 41.7 Å². The van der Waals surface area contributed by atoms with Gasteiger partial charge in [0.1, 0.15) is 18.0 Å². The van der Waals surface area contributed by atoms with Gasteiger partial charge in [0.05, 0.1) is 17.7 Å². The predicted molar refractivity (Wildman–Crippen MR) is 109 cm³/mol. The molecular weight excluding hydrogens is 398 g/mol. The summed E-state index contributed by atoms with van der Waals surface area (Å²) in [4.78, 5) is 4.10. The molecule has 6 nitrogen and oxygen atoms in total. The maximum Gasteiger partial charge on any atom is 0.202 e. The van der Waals surface area contributed by atoms with E-state index in [9.17, 15) is 19.0 Å². The summed E-state index contributed by atoms with van der Waals surface area (Å²) in [5, 5.41) is 29.0. The number of anilines is 1. The maximum absolute atomic E-state index is 13.6. The van der Waals surface area contributed by atoms with Crippen LogP contribution in [0.15, 0.2) is 24.5 Å². The molecule has 29 heavy (non-hydrogen) atoms. The highest BCUT2D eigenvalue weighted by Crippen LogP contribution is 2.30. The number of piperidine rings is 1. The number of aromatic nitrogens is 2. The topological polar surface area (TPSA) is 90.3 Å². The van der Waals surface area contributed by atoms with Gasteiger partial charge in [-0.1, -0.05) is 19.8 Å². The number of aliphatic hydroxyl groups excluding tert-OH is 1. The molecule has 1 aromatic heterocycles. The van der Waals surface area contributed by atoms with Crippen molar-refractivity contribution in [2.24, 2.45) is 0 Å². The monoisotopic (exact) mass is 426 g/mol. The van der Waals surface area contributed by atoms with E-state index in [1.807, 2.05) is 0 Å². The normalized spacial score (nSPS) is 24.2. The molecule has 2 heterocycles. The fraction of sp³-hybridized carbons (Fsp3) is 0.600. The quantitative estimate of drug-likeness (QED) is 0.493. The number of aliphatic hydroxyl groups is 2. The molecule has 1 aliphatic rings. The molecule has 3 rings (SSSR count). The first-order chi connectivity index (χ1) is 13.9. The SMILES string of the molecule is CCCCC1(O)CCNC(C(O)C(Cc2cc(F)cc(F)c2)Nc2ncns2)C1. The molecule has 0 bridgehead atoms. The molecule has 1 aromatic carbocycles. The van der Waals surface area contributed by atoms with Crippen LogP contribution in [0.5, 0.6) is 0 Å². The van der Waals surface area contributed by atoms with Crippen LogP contribution in [0.2, 0.25) is 0 Å². The Morgan fingerprint density at radius 1 is 1.34 bits per heavy atom. The Morgan fingerprint density at radius 2 is 2.10 bits per heavy atom. The molecule has 0 spiro atoms. The Hall–Kier alpha value is -1.68. The van der Waals surface area contributed by atoms with E-state index in [1.54, 1.807) is 0 Å². The lowest BCUT2D eigenvalue weighted by atomic mass is 9.80. The van der Waals surface area contributed by atoms with E-state index in [4.69, 9.17) is 0 Å². The van der Waals surface area contributed by atoms with E-state index in [1.165, 1.54) is 18.5 Å². The Balaban J connectivity index is 1.77. The average Bonchev–Trinajstić information content (AvgIpc) is 3.18. The average molecular weight is 427 g/mol. The highest BCUT2D eigenvalue weighted by Gasteiger charge is 2.39. The van der Waals surface area contributed by atoms with Crippen LogP contribution in [0.4, 0.5) is 13.9 Å². The second-order valence-corrected chi connectivity index (χ2v) is 8.59. The summed E-state index contributed by atoms with van der Waals surface area (Å²) < 4.78 is 31.2. The van der Waals surface area contributed by atoms with Gasteiger partial charge in [-0.05, 0) is 49.9 Å². The molecule has 0 saturated carbocycles. The van der Waals surface area contributed by atoms with Crippen LogP contribution in [-0.4, -0.2) is 49.9 Å². The van der Waals surface area contributed by atoms with Gasteiger partial charge in [0.15, 0.2) is 0 Å². The first-order valence-corrected chi connectivity index (χ1v) is 10.8. The molecule has 160 valence electrons. The third-order valence-corrected chi connectivity index (χ3v) is 6.06. The van der Waals surface area contributed by atoms with Gasteiger partial charge in [-0.2, -0.15) is 4.37 Å². The van der Waals surface area contributed by atoms with Crippen LogP contribution in [0, 0.1) is 11.6 Å². The van der Waals surface area contributed by atoms with Gasteiger partial charge in [-0.25, -0.2) is 13.8 Å². The lowest BCUT2D eigenvalue weighted by molar-refractivity contribution is -0.0375. The van der Waals surface area contributed by atoms with Crippen LogP contribution >= 0.6 is 11.5 Å². The molecule has 2 aromatic rings. The number of nitrogens with one attached hydrogen (secondary N) is 2. The second kappa shape index (κ2) is 9.88. The summed E-state index contributed by atoms with van der Waals surface area (Å²) >= 11 is 1.14. The van der Waals surface area contributed by atoms with Crippen molar-refractivity contribution in [2.75, 3.05) is 11.9 Å². The second-order valence-electron chi connectivity index (χ2n) is 7.81. The Morgan fingerprint density at radius 3 is 2.76 bits per heavy atom. The largest absolute Gasteiger partial charge is 0.390 e. The van der Waals surface area contributed by atoms with Crippen molar-refractivity contribution < 1.29 is 19.0 Å². The first-order valence-electron chi connectivity index (χ1n) is 10.0. The van der Waals surface area contributed by atoms with E-state index in [2.05, 4.69) is 26.9 Å². The number of nitrogens with zero attached hydrogens (tertiary/aromatic N) is 2. The summed E-state index contributed by atoms with van der Waals surface area (Å²) in [5.41, 5.74) is -0.383. The number of rotatable bonds is 9. The van der Waals surface area contributed by atoms with Crippen LogP contribution < -0.4 is 10.6 Å². The van der Waals surface area contributed by atoms with Crippen LogP contribution in [0.25, 0.3) is 0 Å². The zero-order valence-corrected chi connectivity index (χ0v) is 17.3. The lowest BCUT2D eigenvalue weighted by Crippen LogP contribution is -2.57. The van der Waals surface area contributed by atoms with Gasteiger partial charge in [0.2, 0.25) is 5.13 Å². The minimum Gasteiger partial charge on any atom is -0.390 e. The van der Waals surface area contributed by atoms with Gasteiger partial charge in [-0.15, -0.1) is 0 Å². The molecule has 1 aliphatic heterocycles. The number of halogens is 2. The smallest absolute Gasteiger partial charge is 0.202 e. The molecule has 9 heteroatoms. The lowest BCUT2D eigenvalue weighted by Gasteiger charge is -2.41. The van der Waals surface area contributed by atoms with E-state index in [0.717, 1.165) is 30.4 Å². The zero-order chi connectivity index (χ0) is 20.9. The summed E-state index contributed by atoms with van der Waals surface area (Å²) in [6.45, 7) is 2.68. The van der Waals surface area contributed by atoms with E-state index in [-0.39, 0.29) is 12.5 Å². The van der Waals surface area contributed by atoms with Crippen molar-refractivity contribution >= 4 is 16.7 Å². The number of benzene rings is 1. The van der Waals surface area contributed by atoms with E-state index in [0.29, 0.717) is 36.5 Å². The highest BCUT2D eigenvalue weighted by molar-refractivity contribution is 7.09. The fourth-order valence-electron chi connectivity index (χ4n) is 3.96. The van der Waals surface area contributed by atoms with Gasteiger partial charge >= 0.3 is 0 Å². The van der Waals surface area contributed by atoms with Crippen LogP contribution in [0.1, 0.15) is 44.6 Å². The van der Waals surface area contributed by atoms with Crippen LogP contribution in [-0.2, 0) is 6.42 Å². The highest BCUT2D eigenvalue weighted by atomic mass is 32.1. The number of unbranched alkanes of at least 4 members (excludes halogenated alkanes) is 1. The maximum atomic E-state index is 13.6. The Labute approximate surface area is 173 Å². The summed E-state index contributed by atoms with van der Waals surface area (Å²) in [6.07, 6.45) is 4.36.